The van der Waals surface area contributed by atoms with Gasteiger partial charge in [0.25, 0.3) is 11.8 Å². The molecule has 0 atom stereocenters. The minimum atomic E-state index is -0.281. The minimum Gasteiger partial charge on any atom is -0.487 e. The summed E-state index contributed by atoms with van der Waals surface area (Å²) in [6.07, 6.45) is 7.60. The van der Waals surface area contributed by atoms with E-state index < -0.39 is 0 Å². The summed E-state index contributed by atoms with van der Waals surface area (Å²) >= 11 is 1.56. The van der Waals surface area contributed by atoms with Gasteiger partial charge in [-0.3, -0.25) is 9.59 Å². The van der Waals surface area contributed by atoms with Crippen molar-refractivity contribution in [3.63, 3.8) is 0 Å². The number of benzene rings is 1. The number of hydrogen-bond donors (Lipinski definition) is 2. The summed E-state index contributed by atoms with van der Waals surface area (Å²) < 4.78 is 5.42. The first-order valence-electron chi connectivity index (χ1n) is 12.7. The number of piperidine rings is 2. The molecule has 1 aromatic rings. The van der Waals surface area contributed by atoms with Gasteiger partial charge < -0.3 is 25.2 Å². The highest BCUT2D eigenvalue weighted by atomic mass is 32.2. The van der Waals surface area contributed by atoms with E-state index in [1.807, 2.05) is 13.0 Å². The second-order valence-electron chi connectivity index (χ2n) is 9.46. The molecule has 0 radical (unpaired) electrons. The maximum Gasteiger partial charge on any atom is 0.291 e. The van der Waals surface area contributed by atoms with Crippen LogP contribution in [0, 0.1) is 6.92 Å². The number of anilines is 1. The van der Waals surface area contributed by atoms with Crippen molar-refractivity contribution in [3.8, 4) is 0 Å². The van der Waals surface area contributed by atoms with Crippen LogP contribution in [0.25, 0.3) is 0 Å². The number of hydrogen-bond acceptors (Lipinski definition) is 6. The lowest BCUT2D eigenvalue weighted by Gasteiger charge is -2.40. The molecule has 4 rings (SSSR count). The molecule has 0 spiro atoms. The van der Waals surface area contributed by atoms with Crippen molar-refractivity contribution < 1.29 is 14.3 Å². The van der Waals surface area contributed by atoms with E-state index in [2.05, 4.69) is 20.4 Å². The standard InChI is InChI=1S/C26H38N4O3S/c1-20-6-7-21(18-23(20)28-26(32)24-19-34-17-16-33-24)25(31)27-10-5-11-29-14-8-22(9-15-29)30-12-3-2-4-13-30/h6-7,18-19,22H,2-5,8-17H2,1H3,(H,27,31)(H,28,32). The minimum absolute atomic E-state index is 0.108. The van der Waals surface area contributed by atoms with Crippen LogP contribution in [-0.4, -0.2) is 79.3 Å². The first-order chi connectivity index (χ1) is 16.6. The second kappa shape index (κ2) is 12.6. The van der Waals surface area contributed by atoms with E-state index in [4.69, 9.17) is 4.74 Å². The van der Waals surface area contributed by atoms with Crippen molar-refractivity contribution in [2.24, 2.45) is 0 Å². The summed E-state index contributed by atoms with van der Waals surface area (Å²) in [5, 5.41) is 7.65. The lowest BCUT2D eigenvalue weighted by Crippen LogP contribution is -2.47. The molecule has 0 aromatic heterocycles. The molecule has 2 amide bonds. The number of ether oxygens (including phenoxy) is 1. The number of amides is 2. The average Bonchev–Trinajstić information content (AvgIpc) is 2.89. The Morgan fingerprint density at radius 3 is 2.62 bits per heavy atom. The quantitative estimate of drug-likeness (QED) is 0.547. The highest BCUT2D eigenvalue weighted by Crippen LogP contribution is 2.22. The summed E-state index contributed by atoms with van der Waals surface area (Å²) in [5.41, 5.74) is 2.09. The highest BCUT2D eigenvalue weighted by Gasteiger charge is 2.25. The Morgan fingerprint density at radius 1 is 1.09 bits per heavy atom. The maximum atomic E-state index is 12.7. The van der Waals surface area contributed by atoms with Crippen LogP contribution in [0.2, 0.25) is 0 Å². The third kappa shape index (κ3) is 6.99. The fourth-order valence-electron chi connectivity index (χ4n) is 4.97. The van der Waals surface area contributed by atoms with Gasteiger partial charge in [-0.2, -0.15) is 0 Å². The van der Waals surface area contributed by atoms with Crippen LogP contribution in [0.3, 0.4) is 0 Å². The summed E-state index contributed by atoms with van der Waals surface area (Å²) in [5.74, 6) is 0.785. The molecule has 2 fully saturated rings. The lowest BCUT2D eigenvalue weighted by atomic mass is 10.00. The Kier molecular flexibility index (Phi) is 9.30. The van der Waals surface area contributed by atoms with E-state index in [9.17, 15) is 9.59 Å². The van der Waals surface area contributed by atoms with E-state index in [1.165, 1.54) is 45.2 Å². The van der Waals surface area contributed by atoms with Gasteiger partial charge in [0.15, 0.2) is 5.76 Å². The topological polar surface area (TPSA) is 73.9 Å². The molecule has 2 N–H and O–H groups in total. The molecule has 2 saturated heterocycles. The van der Waals surface area contributed by atoms with Crippen molar-refractivity contribution >= 4 is 29.3 Å². The van der Waals surface area contributed by atoms with Gasteiger partial charge in [-0.15, -0.1) is 11.8 Å². The number of rotatable bonds is 8. The highest BCUT2D eigenvalue weighted by molar-refractivity contribution is 8.02. The average molecular weight is 487 g/mol. The zero-order chi connectivity index (χ0) is 23.8. The fraction of sp³-hybridized carbons (Fsp3) is 0.615. The normalized spacial score (nSPS) is 20.3. The molecule has 7 nitrogen and oxygen atoms in total. The second-order valence-corrected chi connectivity index (χ2v) is 10.4. The third-order valence-electron chi connectivity index (χ3n) is 7.02. The van der Waals surface area contributed by atoms with Gasteiger partial charge in [0, 0.05) is 35.0 Å². The van der Waals surface area contributed by atoms with Crippen molar-refractivity contribution in [2.75, 3.05) is 56.9 Å². The van der Waals surface area contributed by atoms with Gasteiger partial charge in [0.2, 0.25) is 0 Å². The molecule has 3 aliphatic heterocycles. The van der Waals surface area contributed by atoms with Crippen molar-refractivity contribution in [2.45, 2.75) is 51.5 Å². The number of thioether (sulfide) groups is 1. The van der Waals surface area contributed by atoms with Crippen molar-refractivity contribution in [1.29, 1.82) is 0 Å². The number of carbonyl (C=O) groups is 2. The van der Waals surface area contributed by atoms with Crippen LogP contribution in [-0.2, 0) is 9.53 Å². The molecule has 0 unspecified atom stereocenters. The van der Waals surface area contributed by atoms with Gasteiger partial charge in [0.1, 0.15) is 0 Å². The van der Waals surface area contributed by atoms with Crippen LogP contribution < -0.4 is 10.6 Å². The van der Waals surface area contributed by atoms with E-state index in [1.54, 1.807) is 29.3 Å². The first kappa shape index (κ1) is 25.1. The first-order valence-corrected chi connectivity index (χ1v) is 13.8. The lowest BCUT2D eigenvalue weighted by molar-refractivity contribution is -0.116. The molecule has 0 saturated carbocycles. The van der Waals surface area contributed by atoms with E-state index in [-0.39, 0.29) is 11.8 Å². The number of likely N-dealkylation sites (tertiary alicyclic amines) is 2. The Bertz CT molecular complexity index is 877. The van der Waals surface area contributed by atoms with Crippen LogP contribution in [0.1, 0.15) is 54.4 Å². The predicted octanol–water partition coefficient (Wildman–Crippen LogP) is 3.61. The molecule has 0 aliphatic carbocycles. The monoisotopic (exact) mass is 486 g/mol. The van der Waals surface area contributed by atoms with Crippen molar-refractivity contribution in [1.82, 2.24) is 15.1 Å². The molecule has 3 heterocycles. The van der Waals surface area contributed by atoms with Crippen LogP contribution in [0.5, 0.6) is 0 Å². The van der Waals surface area contributed by atoms with Gasteiger partial charge >= 0.3 is 0 Å². The predicted molar refractivity (Wildman–Crippen MR) is 138 cm³/mol. The summed E-state index contributed by atoms with van der Waals surface area (Å²) in [4.78, 5) is 30.4. The van der Waals surface area contributed by atoms with Crippen LogP contribution in [0.15, 0.2) is 29.4 Å². The number of aryl methyl sites for hydroxylation is 1. The van der Waals surface area contributed by atoms with E-state index in [0.29, 0.717) is 30.2 Å². The fourth-order valence-corrected chi connectivity index (χ4v) is 5.59. The third-order valence-corrected chi connectivity index (χ3v) is 7.80. The number of nitrogens with one attached hydrogen (secondary N) is 2. The zero-order valence-electron chi connectivity index (χ0n) is 20.3. The largest absolute Gasteiger partial charge is 0.487 e. The zero-order valence-corrected chi connectivity index (χ0v) is 21.1. The Balaban J connectivity index is 1.18. The molecular formula is C26H38N4O3S. The van der Waals surface area contributed by atoms with Gasteiger partial charge in [-0.05, 0) is 89.4 Å². The van der Waals surface area contributed by atoms with Gasteiger partial charge in [-0.1, -0.05) is 12.5 Å². The van der Waals surface area contributed by atoms with Crippen LogP contribution >= 0.6 is 11.8 Å². The summed E-state index contributed by atoms with van der Waals surface area (Å²) in [7, 11) is 0. The molecule has 8 heteroatoms. The van der Waals surface area contributed by atoms with Gasteiger partial charge in [-0.25, -0.2) is 0 Å². The maximum absolute atomic E-state index is 12.7. The van der Waals surface area contributed by atoms with Gasteiger partial charge in [0.05, 0.1) is 6.61 Å². The molecule has 1 aromatic carbocycles. The summed E-state index contributed by atoms with van der Waals surface area (Å²) in [6, 6.07) is 6.18. The number of nitrogens with zero attached hydrogens (tertiary/aromatic N) is 2. The number of carbonyl (C=O) groups excluding carboxylic acids is 2. The molecule has 186 valence electrons. The van der Waals surface area contributed by atoms with E-state index in [0.717, 1.165) is 43.4 Å². The van der Waals surface area contributed by atoms with Crippen molar-refractivity contribution in [3.05, 3.63) is 40.5 Å². The molecular weight excluding hydrogens is 448 g/mol. The molecule has 34 heavy (non-hydrogen) atoms. The SMILES string of the molecule is Cc1ccc(C(=O)NCCCN2CCC(N3CCCCC3)CC2)cc1NC(=O)C1=CSCCO1. The Hall–Kier alpha value is -2.03. The Labute approximate surface area is 207 Å². The summed E-state index contributed by atoms with van der Waals surface area (Å²) in [6.45, 7) is 9.01. The molecule has 0 bridgehead atoms. The van der Waals surface area contributed by atoms with Crippen LogP contribution in [0.4, 0.5) is 5.69 Å². The van der Waals surface area contributed by atoms with E-state index >= 15 is 0 Å². The smallest absolute Gasteiger partial charge is 0.291 e. The molecule has 3 aliphatic rings. The Morgan fingerprint density at radius 2 is 1.88 bits per heavy atom.